The number of rotatable bonds is 5. The van der Waals surface area contributed by atoms with Crippen molar-refractivity contribution < 1.29 is 14.3 Å². The Balaban J connectivity index is 1.63. The minimum absolute atomic E-state index is 0.175. The predicted octanol–water partition coefficient (Wildman–Crippen LogP) is 0.743. The Morgan fingerprint density at radius 2 is 1.86 bits per heavy atom. The molecule has 0 saturated carbocycles. The number of fused-ring (bicyclic) bond motifs is 1. The van der Waals surface area contributed by atoms with Crippen molar-refractivity contribution in [3.8, 4) is 6.07 Å². The second-order valence-electron chi connectivity index (χ2n) is 5.78. The molecule has 2 aromatic carbocycles. The first-order chi connectivity index (χ1) is 13.5. The monoisotopic (exact) mass is 378 g/mol. The van der Waals surface area contributed by atoms with Crippen molar-refractivity contribution in [1.29, 1.82) is 5.26 Å². The minimum atomic E-state index is -0.867. The molecule has 0 unspecified atom stereocenters. The van der Waals surface area contributed by atoms with Gasteiger partial charge in [0, 0.05) is 5.69 Å². The van der Waals surface area contributed by atoms with E-state index in [1.54, 1.807) is 30.3 Å². The van der Waals surface area contributed by atoms with Gasteiger partial charge in [-0.2, -0.15) is 5.26 Å². The van der Waals surface area contributed by atoms with Gasteiger partial charge in [-0.3, -0.25) is 24.3 Å². The second kappa shape index (κ2) is 8.01. The fourth-order valence-corrected chi connectivity index (χ4v) is 2.54. The molecule has 9 nitrogen and oxygen atoms in total. The lowest BCUT2D eigenvalue weighted by Crippen LogP contribution is -2.33. The van der Waals surface area contributed by atoms with Crippen molar-refractivity contribution in [2.75, 3.05) is 11.9 Å². The van der Waals surface area contributed by atoms with Gasteiger partial charge < -0.3 is 10.1 Å². The van der Waals surface area contributed by atoms with Crippen LogP contribution in [0.5, 0.6) is 0 Å². The maximum Gasteiger partial charge on any atom is 0.328 e. The predicted molar refractivity (Wildman–Crippen MR) is 99.6 cm³/mol. The largest absolute Gasteiger partial charge is 0.454 e. The van der Waals surface area contributed by atoms with Gasteiger partial charge in [0.15, 0.2) is 6.61 Å². The van der Waals surface area contributed by atoms with E-state index < -0.39 is 36.1 Å². The van der Waals surface area contributed by atoms with Crippen LogP contribution in [0.4, 0.5) is 5.69 Å². The van der Waals surface area contributed by atoms with Crippen LogP contribution in [0, 0.1) is 11.3 Å². The number of H-pyrrole nitrogens is 1. The highest BCUT2D eigenvalue weighted by Gasteiger charge is 2.13. The van der Waals surface area contributed by atoms with E-state index in [-0.39, 0.29) is 10.8 Å². The van der Waals surface area contributed by atoms with Gasteiger partial charge in [0.2, 0.25) is 0 Å². The third-order valence-electron chi connectivity index (χ3n) is 3.81. The normalized spacial score (nSPS) is 10.2. The molecule has 0 aliphatic carbocycles. The Hall–Kier alpha value is -4.19. The summed E-state index contributed by atoms with van der Waals surface area (Å²) in [5, 5.41) is 14.0. The summed E-state index contributed by atoms with van der Waals surface area (Å²) in [6, 6.07) is 14.4. The molecule has 3 rings (SSSR count). The van der Waals surface area contributed by atoms with Crippen molar-refractivity contribution in [3.05, 3.63) is 74.8 Å². The number of ether oxygens (including phenoxy) is 1. The first-order valence-electron chi connectivity index (χ1n) is 8.15. The Bertz CT molecular complexity index is 1220. The summed E-state index contributed by atoms with van der Waals surface area (Å²) in [4.78, 5) is 48.1. The van der Waals surface area contributed by atoms with E-state index in [9.17, 15) is 19.2 Å². The van der Waals surface area contributed by atoms with Gasteiger partial charge in [0.25, 0.3) is 17.0 Å². The van der Waals surface area contributed by atoms with Crippen molar-refractivity contribution in [1.82, 2.24) is 9.78 Å². The molecule has 3 aromatic rings. The van der Waals surface area contributed by atoms with Crippen LogP contribution in [0.3, 0.4) is 0 Å². The number of carbonyl (C=O) groups is 2. The standard InChI is InChI=1S/C19H14N4O5/c20-9-12-4-3-5-13(8-12)21-16(24)11-28-17(25)10-23-19(27)15-7-2-1-6-14(15)18(26)22-23/h1-8H,10-11H2,(H,21,24)(H,22,26). The number of carbonyl (C=O) groups excluding carboxylic acids is 2. The van der Waals surface area contributed by atoms with Gasteiger partial charge in [-0.15, -0.1) is 0 Å². The molecule has 1 heterocycles. The summed E-state index contributed by atoms with van der Waals surface area (Å²) in [6.45, 7) is -1.13. The zero-order chi connectivity index (χ0) is 20.1. The molecule has 9 heteroatoms. The second-order valence-corrected chi connectivity index (χ2v) is 5.78. The Morgan fingerprint density at radius 3 is 2.61 bits per heavy atom. The smallest absolute Gasteiger partial charge is 0.328 e. The summed E-state index contributed by atoms with van der Waals surface area (Å²) >= 11 is 0. The van der Waals surface area contributed by atoms with Crippen molar-refractivity contribution in [2.24, 2.45) is 0 Å². The van der Waals surface area contributed by atoms with E-state index in [0.29, 0.717) is 11.3 Å². The number of aromatic nitrogens is 2. The molecule has 0 radical (unpaired) electrons. The van der Waals surface area contributed by atoms with E-state index in [1.807, 2.05) is 6.07 Å². The molecule has 0 atom stereocenters. The summed E-state index contributed by atoms with van der Waals surface area (Å²) in [7, 11) is 0. The third-order valence-corrected chi connectivity index (χ3v) is 3.81. The van der Waals surface area contributed by atoms with Crippen LogP contribution < -0.4 is 16.4 Å². The number of benzene rings is 2. The number of amides is 1. The lowest BCUT2D eigenvalue weighted by Gasteiger charge is -2.08. The zero-order valence-electron chi connectivity index (χ0n) is 14.5. The first-order valence-corrected chi connectivity index (χ1v) is 8.15. The van der Waals surface area contributed by atoms with Crippen LogP contribution in [0.2, 0.25) is 0 Å². The van der Waals surface area contributed by atoms with Gasteiger partial charge in [-0.05, 0) is 30.3 Å². The molecule has 1 aromatic heterocycles. The number of nitriles is 1. The summed E-state index contributed by atoms with van der Waals surface area (Å²) in [5.41, 5.74) is -0.312. The van der Waals surface area contributed by atoms with Crippen LogP contribution in [0.25, 0.3) is 10.8 Å². The Labute approximate surface area is 157 Å². The van der Waals surface area contributed by atoms with E-state index in [2.05, 4.69) is 10.4 Å². The fraction of sp³-hybridized carbons (Fsp3) is 0.105. The van der Waals surface area contributed by atoms with Gasteiger partial charge in [-0.1, -0.05) is 18.2 Å². The first kappa shape index (κ1) is 18.6. The maximum absolute atomic E-state index is 12.3. The van der Waals surface area contributed by atoms with Crippen molar-refractivity contribution in [3.63, 3.8) is 0 Å². The zero-order valence-corrected chi connectivity index (χ0v) is 14.5. The van der Waals surface area contributed by atoms with Gasteiger partial charge in [0.1, 0.15) is 6.54 Å². The highest BCUT2D eigenvalue weighted by atomic mass is 16.5. The number of aromatic amines is 1. The fourth-order valence-electron chi connectivity index (χ4n) is 2.54. The molecule has 140 valence electrons. The average molecular weight is 378 g/mol. The third kappa shape index (κ3) is 4.13. The SMILES string of the molecule is N#Cc1cccc(NC(=O)COC(=O)Cn2[nH]c(=O)c3ccccc3c2=O)c1. The Kier molecular flexibility index (Phi) is 5.32. The lowest BCUT2D eigenvalue weighted by molar-refractivity contribution is -0.148. The molecule has 0 spiro atoms. The van der Waals surface area contributed by atoms with E-state index in [1.165, 1.54) is 18.2 Å². The summed E-state index contributed by atoms with van der Waals surface area (Å²) in [6.07, 6.45) is 0. The lowest BCUT2D eigenvalue weighted by atomic mass is 10.2. The van der Waals surface area contributed by atoms with Crippen molar-refractivity contribution in [2.45, 2.75) is 6.54 Å². The number of anilines is 1. The van der Waals surface area contributed by atoms with Gasteiger partial charge >= 0.3 is 5.97 Å². The highest BCUT2D eigenvalue weighted by molar-refractivity contribution is 5.93. The number of nitrogens with zero attached hydrogens (tertiary/aromatic N) is 2. The number of nitrogens with one attached hydrogen (secondary N) is 2. The molecule has 0 bridgehead atoms. The minimum Gasteiger partial charge on any atom is -0.454 e. The van der Waals surface area contributed by atoms with E-state index in [4.69, 9.17) is 10.00 Å². The van der Waals surface area contributed by atoms with Crippen LogP contribution in [0.1, 0.15) is 5.56 Å². The molecule has 0 aliphatic rings. The maximum atomic E-state index is 12.3. The van der Waals surface area contributed by atoms with Crippen molar-refractivity contribution >= 4 is 28.3 Å². The molecule has 0 fully saturated rings. The molecule has 2 N–H and O–H groups in total. The Morgan fingerprint density at radius 1 is 1.11 bits per heavy atom. The molecule has 1 amide bonds. The van der Waals surface area contributed by atoms with Crippen LogP contribution in [-0.2, 0) is 20.9 Å². The van der Waals surface area contributed by atoms with Gasteiger partial charge in [-0.25, -0.2) is 4.68 Å². The molecule has 0 saturated heterocycles. The molecule has 0 aliphatic heterocycles. The summed E-state index contributed by atoms with van der Waals surface area (Å²) < 4.78 is 5.68. The average Bonchev–Trinajstić information content (AvgIpc) is 2.70. The number of hydrogen-bond acceptors (Lipinski definition) is 6. The molecular formula is C19H14N4O5. The van der Waals surface area contributed by atoms with Gasteiger partial charge in [0.05, 0.1) is 22.4 Å². The topological polar surface area (TPSA) is 134 Å². The quantitative estimate of drug-likeness (QED) is 0.629. The van der Waals surface area contributed by atoms with Crippen LogP contribution >= 0.6 is 0 Å². The molecular weight excluding hydrogens is 364 g/mol. The summed E-state index contributed by atoms with van der Waals surface area (Å²) in [5.74, 6) is -1.48. The van der Waals surface area contributed by atoms with E-state index >= 15 is 0 Å². The van der Waals surface area contributed by atoms with E-state index in [0.717, 1.165) is 4.68 Å². The van der Waals surface area contributed by atoms with Crippen LogP contribution in [0.15, 0.2) is 58.1 Å². The number of hydrogen-bond donors (Lipinski definition) is 2. The highest BCUT2D eigenvalue weighted by Crippen LogP contribution is 2.09. The number of esters is 1. The van der Waals surface area contributed by atoms with Crippen LogP contribution in [-0.4, -0.2) is 28.3 Å². The molecule has 28 heavy (non-hydrogen) atoms.